The summed E-state index contributed by atoms with van der Waals surface area (Å²) in [6.45, 7) is -1.28. The van der Waals surface area contributed by atoms with Crippen LogP contribution in [0.4, 0.5) is 32.2 Å². The summed E-state index contributed by atoms with van der Waals surface area (Å²) >= 11 is 0. The summed E-state index contributed by atoms with van der Waals surface area (Å²) in [5, 5.41) is 0.0100. The van der Waals surface area contributed by atoms with Crippen molar-refractivity contribution in [2.75, 3.05) is 20.3 Å². The van der Waals surface area contributed by atoms with Gasteiger partial charge in [-0.15, -0.1) is 0 Å². The summed E-state index contributed by atoms with van der Waals surface area (Å²) in [5.74, 6) is -1.28. The number of alkyl halides is 5. The fourth-order valence-corrected chi connectivity index (χ4v) is 3.31. The largest absolute Gasteiger partial charge is 0.490 e. The first-order valence-corrected chi connectivity index (χ1v) is 9.49. The number of hydrogen-bond acceptors (Lipinski definition) is 6. The molecule has 7 nitrogen and oxygen atoms in total. The molecule has 3 heterocycles. The van der Waals surface area contributed by atoms with E-state index in [1.165, 1.54) is 12.3 Å². The van der Waals surface area contributed by atoms with Crippen molar-refractivity contribution in [2.24, 2.45) is 4.99 Å². The number of halogens is 6. The van der Waals surface area contributed by atoms with Crippen LogP contribution < -0.4 is 4.74 Å². The van der Waals surface area contributed by atoms with E-state index >= 15 is 0 Å². The summed E-state index contributed by atoms with van der Waals surface area (Å²) in [5.41, 5.74) is -0.705. The summed E-state index contributed by atoms with van der Waals surface area (Å²) < 4.78 is 94.6. The van der Waals surface area contributed by atoms with Crippen LogP contribution in [0.5, 0.6) is 5.75 Å². The van der Waals surface area contributed by atoms with Gasteiger partial charge in [0.05, 0.1) is 11.3 Å². The zero-order chi connectivity index (χ0) is 23.8. The molecule has 4 rings (SSSR count). The van der Waals surface area contributed by atoms with Gasteiger partial charge < -0.3 is 19.2 Å². The minimum Gasteiger partial charge on any atom is -0.490 e. The van der Waals surface area contributed by atoms with E-state index in [4.69, 9.17) is 9.47 Å². The van der Waals surface area contributed by atoms with E-state index in [2.05, 4.69) is 24.7 Å². The number of hydrogen-bond donors (Lipinski definition) is 1. The molecule has 176 valence electrons. The SMILES string of the molecule is COC(F)(F)COC1COc2cc(F)ccc2C1C=Nc1ncnc2[nH]c(C(F)(F)F)cc12. The summed E-state index contributed by atoms with van der Waals surface area (Å²) in [6, 6.07) is 4.49. The van der Waals surface area contributed by atoms with Crippen molar-refractivity contribution in [1.82, 2.24) is 15.0 Å². The topological polar surface area (TPSA) is 81.6 Å². The van der Waals surface area contributed by atoms with Crippen LogP contribution in [0.1, 0.15) is 17.2 Å². The smallest absolute Gasteiger partial charge is 0.431 e. The van der Waals surface area contributed by atoms with Crippen molar-refractivity contribution in [3.63, 3.8) is 0 Å². The highest BCUT2D eigenvalue weighted by atomic mass is 19.4. The van der Waals surface area contributed by atoms with E-state index < -0.39 is 42.4 Å². The number of rotatable bonds is 6. The molecule has 2 atom stereocenters. The van der Waals surface area contributed by atoms with Crippen molar-refractivity contribution < 1.29 is 40.6 Å². The van der Waals surface area contributed by atoms with Crippen molar-refractivity contribution in [2.45, 2.75) is 24.3 Å². The lowest BCUT2D eigenvalue weighted by molar-refractivity contribution is -0.258. The number of ether oxygens (including phenoxy) is 3. The normalized spacial score (nSPS) is 19.1. The Hall–Kier alpha value is -3.19. The molecule has 33 heavy (non-hydrogen) atoms. The lowest BCUT2D eigenvalue weighted by Gasteiger charge is -2.32. The Kier molecular flexibility index (Phi) is 6.01. The molecule has 1 aliphatic heterocycles. The Balaban J connectivity index is 1.69. The molecule has 3 aromatic rings. The van der Waals surface area contributed by atoms with Gasteiger partial charge >= 0.3 is 12.3 Å². The summed E-state index contributed by atoms with van der Waals surface area (Å²) in [4.78, 5) is 14.0. The number of fused-ring (bicyclic) bond motifs is 2. The maximum atomic E-state index is 13.6. The number of nitrogens with one attached hydrogen (secondary N) is 1. The lowest BCUT2D eigenvalue weighted by Crippen LogP contribution is -2.38. The van der Waals surface area contributed by atoms with Gasteiger partial charge in [-0.25, -0.2) is 19.4 Å². The van der Waals surface area contributed by atoms with Crippen LogP contribution in [0, 0.1) is 5.82 Å². The fourth-order valence-electron chi connectivity index (χ4n) is 3.31. The summed E-state index contributed by atoms with van der Waals surface area (Å²) in [7, 11) is 0.824. The number of benzene rings is 1. The molecule has 0 aliphatic carbocycles. The maximum absolute atomic E-state index is 13.6. The highest BCUT2D eigenvalue weighted by Gasteiger charge is 2.36. The number of methoxy groups -OCH3 is 1. The molecule has 0 radical (unpaired) electrons. The highest BCUT2D eigenvalue weighted by molar-refractivity contribution is 5.88. The first-order valence-electron chi connectivity index (χ1n) is 9.49. The van der Waals surface area contributed by atoms with E-state index in [0.29, 0.717) is 5.56 Å². The van der Waals surface area contributed by atoms with Crippen LogP contribution >= 0.6 is 0 Å². The molecule has 1 N–H and O–H groups in total. The second kappa shape index (κ2) is 8.63. The lowest BCUT2D eigenvalue weighted by atomic mass is 9.91. The molecular weight excluding hydrogens is 458 g/mol. The van der Waals surface area contributed by atoms with Gasteiger partial charge in [-0.2, -0.15) is 22.0 Å². The van der Waals surface area contributed by atoms with Crippen LogP contribution in [0.2, 0.25) is 0 Å². The van der Waals surface area contributed by atoms with Crippen LogP contribution in [-0.2, 0) is 15.7 Å². The van der Waals surface area contributed by atoms with Gasteiger partial charge in [0.2, 0.25) is 0 Å². The molecule has 0 bridgehead atoms. The first-order chi connectivity index (χ1) is 15.6. The molecule has 0 saturated heterocycles. The second-order valence-corrected chi connectivity index (χ2v) is 7.13. The highest BCUT2D eigenvalue weighted by Crippen LogP contribution is 2.37. The zero-order valence-electron chi connectivity index (χ0n) is 16.9. The number of nitrogens with zero attached hydrogens (tertiary/aromatic N) is 3. The minimum absolute atomic E-state index is 0.0100. The van der Waals surface area contributed by atoms with Crippen LogP contribution in [0.3, 0.4) is 0 Å². The molecule has 13 heteroatoms. The van der Waals surface area contributed by atoms with Crippen LogP contribution in [0.15, 0.2) is 35.6 Å². The fraction of sp³-hybridized carbons (Fsp3) is 0.350. The number of aromatic nitrogens is 3. The Morgan fingerprint density at radius 1 is 1.21 bits per heavy atom. The maximum Gasteiger partial charge on any atom is 0.431 e. The van der Waals surface area contributed by atoms with E-state index in [0.717, 1.165) is 31.6 Å². The molecule has 0 fully saturated rings. The van der Waals surface area contributed by atoms with Gasteiger partial charge in [-0.3, -0.25) is 0 Å². The molecule has 0 saturated carbocycles. The monoisotopic (exact) mass is 474 g/mol. The van der Waals surface area contributed by atoms with Crippen molar-refractivity contribution in [3.8, 4) is 5.75 Å². The molecule has 1 aromatic carbocycles. The quantitative estimate of drug-likeness (QED) is 0.417. The Bertz CT molecular complexity index is 1180. The average molecular weight is 474 g/mol. The van der Waals surface area contributed by atoms with E-state index in [-0.39, 0.29) is 29.2 Å². The van der Waals surface area contributed by atoms with Gasteiger partial charge in [0.15, 0.2) is 5.82 Å². The zero-order valence-corrected chi connectivity index (χ0v) is 16.9. The Morgan fingerprint density at radius 3 is 2.73 bits per heavy atom. The number of aliphatic imine (C=N–C) groups is 1. The second-order valence-electron chi connectivity index (χ2n) is 7.13. The predicted molar refractivity (Wildman–Crippen MR) is 103 cm³/mol. The third-order valence-electron chi connectivity index (χ3n) is 4.97. The molecule has 1 aliphatic rings. The van der Waals surface area contributed by atoms with E-state index in [9.17, 15) is 26.3 Å². The summed E-state index contributed by atoms with van der Waals surface area (Å²) in [6.07, 6.45) is -6.83. The Labute approximate surface area is 182 Å². The van der Waals surface area contributed by atoms with Gasteiger partial charge in [0.25, 0.3) is 0 Å². The standard InChI is InChI=1S/C20H16F6N4O3/c1-31-19(22,23)8-33-15-7-32-14-4-10(21)2-3-11(14)13(15)6-27-17-12-5-16(20(24,25)26)30-18(12)29-9-28-17/h2-6,9,13,15H,7-8H2,1H3,(H,28,29,30). The number of aromatic amines is 1. The molecule has 2 unspecified atom stereocenters. The van der Waals surface area contributed by atoms with Crippen molar-refractivity contribution >= 4 is 23.1 Å². The van der Waals surface area contributed by atoms with Crippen molar-refractivity contribution in [3.05, 3.63) is 47.7 Å². The molecule has 0 amide bonds. The van der Waals surface area contributed by atoms with Gasteiger partial charge in [-0.1, -0.05) is 6.07 Å². The Morgan fingerprint density at radius 2 is 2.00 bits per heavy atom. The molecule has 2 aromatic heterocycles. The van der Waals surface area contributed by atoms with Crippen LogP contribution in [-0.4, -0.2) is 53.7 Å². The molecule has 0 spiro atoms. The minimum atomic E-state index is -4.63. The average Bonchev–Trinajstić information content (AvgIpc) is 3.22. The molecular formula is C20H16F6N4O3. The van der Waals surface area contributed by atoms with Crippen molar-refractivity contribution in [1.29, 1.82) is 0 Å². The third-order valence-corrected chi connectivity index (χ3v) is 4.97. The van der Waals surface area contributed by atoms with E-state index in [1.807, 2.05) is 0 Å². The van der Waals surface area contributed by atoms with Gasteiger partial charge in [-0.05, 0) is 12.1 Å². The van der Waals surface area contributed by atoms with Gasteiger partial charge in [0.1, 0.15) is 48.6 Å². The number of H-pyrrole nitrogens is 1. The van der Waals surface area contributed by atoms with E-state index in [1.54, 1.807) is 0 Å². The third kappa shape index (κ3) is 4.93. The van der Waals surface area contributed by atoms with Gasteiger partial charge in [0, 0.05) is 25.0 Å². The van der Waals surface area contributed by atoms with Crippen LogP contribution in [0.25, 0.3) is 11.0 Å². The first kappa shape index (κ1) is 23.0. The predicted octanol–water partition coefficient (Wildman–Crippen LogP) is 4.62.